The Bertz CT molecular complexity index is 4880. The highest BCUT2D eigenvalue weighted by Crippen LogP contribution is 2.45. The first-order valence-electron chi connectivity index (χ1n) is 42.0. The van der Waals surface area contributed by atoms with Gasteiger partial charge in [0.05, 0.1) is 35.1 Å². The number of nitrogens with one attached hydrogen (secondary N) is 3. The fourth-order valence-electron chi connectivity index (χ4n) is 16.8. The van der Waals surface area contributed by atoms with Crippen molar-refractivity contribution in [3.63, 3.8) is 0 Å². The molecule has 2 saturated heterocycles. The summed E-state index contributed by atoms with van der Waals surface area (Å²) in [5.41, 5.74) is 13.9. The highest BCUT2D eigenvalue weighted by atomic mass is 16.6. The van der Waals surface area contributed by atoms with E-state index in [1.165, 1.54) is 39.5 Å². The van der Waals surface area contributed by atoms with Crippen molar-refractivity contribution in [2.45, 2.75) is 239 Å². The van der Waals surface area contributed by atoms with Crippen LogP contribution in [0.15, 0.2) is 140 Å². The number of amides is 3. The number of aliphatic hydroxyl groups excluding tert-OH is 2. The average Bonchev–Trinajstić information content (AvgIpc) is 1.63. The third-order valence-electron chi connectivity index (χ3n) is 23.8. The number of aliphatic hydroxyl groups is 2. The molecule has 8 aromatic rings. The Balaban J connectivity index is 0.000000225. The van der Waals surface area contributed by atoms with Crippen LogP contribution >= 0.6 is 0 Å². The van der Waals surface area contributed by atoms with Crippen LogP contribution in [0, 0.1) is 47.3 Å². The van der Waals surface area contributed by atoms with Gasteiger partial charge in [0.25, 0.3) is 0 Å². The van der Waals surface area contributed by atoms with Gasteiger partial charge >= 0.3 is 29.4 Å². The molecular weight excluding hydrogens is 1490 g/mol. The van der Waals surface area contributed by atoms with E-state index in [0.29, 0.717) is 54.4 Å². The Morgan fingerprint density at radius 1 is 0.504 bits per heavy atom. The van der Waals surface area contributed by atoms with Crippen molar-refractivity contribution in [1.29, 1.82) is 0 Å². The number of nitrogens with two attached hydrogens (primary N) is 1. The number of ether oxygens (including phenoxy) is 5. The summed E-state index contributed by atoms with van der Waals surface area (Å²) in [6, 6.07) is 32.5. The third-order valence-corrected chi connectivity index (χ3v) is 23.8. The van der Waals surface area contributed by atoms with Gasteiger partial charge in [-0.3, -0.25) is 28.3 Å². The number of aromatic nitrogens is 4. The van der Waals surface area contributed by atoms with Gasteiger partial charge in [0, 0.05) is 66.0 Å². The van der Waals surface area contributed by atoms with Gasteiger partial charge in [0.1, 0.15) is 68.1 Å². The monoisotopic (exact) mass is 1610 g/mol. The van der Waals surface area contributed by atoms with Gasteiger partial charge in [-0.15, -0.1) is 0 Å². The van der Waals surface area contributed by atoms with Crippen LogP contribution in [0.3, 0.4) is 0 Å². The lowest BCUT2D eigenvalue weighted by atomic mass is 9.84. The molecule has 14 atom stereocenters. The molecule has 3 amide bonds. The average molecular weight is 1610 g/mol. The van der Waals surface area contributed by atoms with E-state index in [9.17, 15) is 53.4 Å². The molecule has 3 aliphatic carbocycles. The minimum Gasteiger partial charge on any atom is -0.461 e. The standard InChI is InChI=1S/C53H62N4O10.C38H52N4O8/c1-6-7-8-14-32-21-23-33(24-22-32)43-25-34-27-57(52(62)56-50(34)67-43)45-26-42(58)44(66-45)29-64-51(61)47(31(4)5)54-49(60)40-20-13-19-39(40)48(59)46(30(2)3)55-53(63)65-28-41-37-17-11-9-15-35(37)36-16-10-12-18-38(36)41;1-6-7-8-10-23-13-15-24(16-14-23)29-17-25-19-42(38(47)41-36(25)50-29)31-18-28(43)30(49-31)20-48-37(46)33(22(4)5)40-35(45)27-12-9-11-26(27)34(44)32(39)21(2)3/h9-12,15-18,21-25,27,30-31,39-42,44-47,58H,6-8,13-14,19-20,26,28-29H2,1-5H3,(H,54,60)(H,55,63);13-17,19,21-22,26-28,30-33,43H,6-12,18,20,39H2,1-5H3,(H,40,45)/t39?,40?,42-,44-,45-,46?,47?;26?,27?,28-,30-,31-,32?,33?/m11/s1. The summed E-state index contributed by atoms with van der Waals surface area (Å²) in [5.74, 6) is -5.01. The Hall–Kier alpha value is -9.99. The summed E-state index contributed by atoms with van der Waals surface area (Å²) in [6.45, 7) is 18.4. The van der Waals surface area contributed by atoms with Gasteiger partial charge in [-0.05, 0) is 121 Å². The molecule has 4 fully saturated rings. The number of ketones is 2. The molecule has 0 spiro atoms. The van der Waals surface area contributed by atoms with Crippen LogP contribution in [-0.4, -0.2) is 139 Å². The minimum absolute atomic E-state index is 0.0393. The van der Waals surface area contributed by atoms with Gasteiger partial charge in [-0.25, -0.2) is 24.0 Å². The smallest absolute Gasteiger partial charge is 0.407 e. The number of carbonyl (C=O) groups is 7. The normalized spacial score (nSPS) is 22.0. The minimum atomic E-state index is -1.07. The topological polar surface area (TPSA) is 364 Å². The molecule has 2 saturated carbocycles. The van der Waals surface area contributed by atoms with Crippen molar-refractivity contribution >= 4 is 63.6 Å². The quantitative estimate of drug-likeness (QED) is 0.0126. The number of hydrogen-bond acceptors (Lipinski definition) is 21. The number of unbranched alkanes of at least 4 members (excludes halogenated alkanes) is 4. The van der Waals surface area contributed by atoms with Crippen LogP contribution in [0.5, 0.6) is 0 Å². The SMILES string of the molecule is CCCCCc1ccc(-c2cc3cn([C@H]4C[C@@H](O)[C@@H](COC(=O)C(NC(=O)C5CCCC5C(=O)C(N)C(C)C)C(C)C)O4)c(=O)nc3o2)cc1.CCCCCc1ccc(-c2cc3cn([C@H]4C[C@@H](O)[C@@H](COC(=O)C(NC(=O)C5CCCC5C(=O)C(NC(=O)OCC5c6ccccc6-c6ccccc65)C(C)C)C(C)C)O4)c(=O)nc3o2)cc1. The van der Waals surface area contributed by atoms with Gasteiger partial charge in [0.15, 0.2) is 11.6 Å². The van der Waals surface area contributed by atoms with Crippen LogP contribution in [0.2, 0.25) is 0 Å². The molecule has 626 valence electrons. The number of rotatable bonds is 33. The zero-order chi connectivity index (χ0) is 83.5. The second-order valence-corrected chi connectivity index (χ2v) is 33.6. The number of aryl methyl sites for hydroxylation is 2. The van der Waals surface area contributed by atoms with Crippen molar-refractivity contribution in [1.82, 2.24) is 35.1 Å². The molecule has 4 aromatic carbocycles. The fraction of sp³-hybridized carbons (Fsp3) is 0.527. The van der Waals surface area contributed by atoms with Crippen LogP contribution in [0.4, 0.5) is 4.79 Å². The predicted molar refractivity (Wildman–Crippen MR) is 440 cm³/mol. The Labute approximate surface area is 682 Å². The molecule has 2 aliphatic heterocycles. The Morgan fingerprint density at radius 2 is 0.915 bits per heavy atom. The Morgan fingerprint density at radius 3 is 1.32 bits per heavy atom. The zero-order valence-corrected chi connectivity index (χ0v) is 68.7. The molecule has 8 unspecified atom stereocenters. The fourth-order valence-corrected chi connectivity index (χ4v) is 16.8. The van der Waals surface area contributed by atoms with Gasteiger partial charge in [0.2, 0.25) is 23.2 Å². The largest absolute Gasteiger partial charge is 0.461 e. The summed E-state index contributed by atoms with van der Waals surface area (Å²) in [7, 11) is 0. The number of hydrogen-bond donors (Lipinski definition) is 6. The van der Waals surface area contributed by atoms with E-state index >= 15 is 0 Å². The number of carbonyl (C=O) groups excluding carboxylic acids is 7. The van der Waals surface area contributed by atoms with E-state index in [1.54, 1.807) is 40.1 Å². The summed E-state index contributed by atoms with van der Waals surface area (Å²) in [6.07, 6.45) is 9.38. The second kappa shape index (κ2) is 39.1. The predicted octanol–water partition coefficient (Wildman–Crippen LogP) is 13.0. The van der Waals surface area contributed by atoms with Crippen LogP contribution in [0.25, 0.3) is 56.0 Å². The molecule has 26 heteroatoms. The number of esters is 2. The molecule has 26 nitrogen and oxygen atoms in total. The van der Waals surface area contributed by atoms with E-state index in [-0.39, 0.29) is 91.2 Å². The molecule has 117 heavy (non-hydrogen) atoms. The molecule has 0 radical (unpaired) electrons. The van der Waals surface area contributed by atoms with Gasteiger partial charge in [-0.2, -0.15) is 9.97 Å². The van der Waals surface area contributed by atoms with E-state index in [0.717, 1.165) is 71.9 Å². The lowest BCUT2D eigenvalue weighted by Gasteiger charge is -2.28. The summed E-state index contributed by atoms with van der Waals surface area (Å²) in [5, 5.41) is 31.4. The highest BCUT2D eigenvalue weighted by molar-refractivity contribution is 5.96. The highest BCUT2D eigenvalue weighted by Gasteiger charge is 2.46. The molecule has 5 aliphatic rings. The maximum absolute atomic E-state index is 14.2. The number of benzene rings is 4. The Kier molecular flexibility index (Phi) is 28.8. The number of fused-ring (bicyclic) bond motifs is 5. The molecule has 6 heterocycles. The van der Waals surface area contributed by atoms with E-state index in [1.807, 2.05) is 100 Å². The first-order valence-corrected chi connectivity index (χ1v) is 42.0. The second-order valence-electron chi connectivity index (χ2n) is 33.6. The van der Waals surface area contributed by atoms with Crippen molar-refractivity contribution in [3.8, 4) is 33.8 Å². The molecular formula is C91H114N8O18. The maximum atomic E-state index is 14.2. The van der Waals surface area contributed by atoms with E-state index in [2.05, 4.69) is 76.2 Å². The van der Waals surface area contributed by atoms with Crippen LogP contribution in [-0.2, 0) is 65.3 Å². The molecule has 7 N–H and O–H groups in total. The summed E-state index contributed by atoms with van der Waals surface area (Å²) < 4.78 is 43.5. The zero-order valence-electron chi connectivity index (χ0n) is 68.7. The maximum Gasteiger partial charge on any atom is 0.407 e. The van der Waals surface area contributed by atoms with E-state index < -0.39 is 120 Å². The lowest BCUT2D eigenvalue weighted by molar-refractivity contribution is -0.156. The lowest BCUT2D eigenvalue weighted by Crippen LogP contribution is -2.51. The van der Waals surface area contributed by atoms with E-state index in [4.69, 9.17) is 38.3 Å². The van der Waals surface area contributed by atoms with Crippen molar-refractivity contribution < 1.29 is 76.3 Å². The number of nitrogens with zero attached hydrogens (tertiary/aromatic N) is 4. The number of furan rings is 2. The molecule has 13 rings (SSSR count). The number of alkyl carbamates (subject to hydrolysis) is 1. The van der Waals surface area contributed by atoms with Crippen LogP contribution in [0.1, 0.15) is 200 Å². The van der Waals surface area contributed by atoms with Crippen LogP contribution < -0.4 is 33.1 Å². The molecule has 4 aromatic heterocycles. The summed E-state index contributed by atoms with van der Waals surface area (Å²) >= 11 is 0. The first kappa shape index (κ1) is 86.4. The van der Waals surface area contributed by atoms with Crippen molar-refractivity contribution in [2.24, 2.45) is 53.1 Å². The van der Waals surface area contributed by atoms with Crippen molar-refractivity contribution in [2.75, 3.05) is 19.8 Å². The molecule has 0 bridgehead atoms. The van der Waals surface area contributed by atoms with Gasteiger partial charge < -0.3 is 64.4 Å². The van der Waals surface area contributed by atoms with Crippen molar-refractivity contribution in [3.05, 3.63) is 165 Å². The summed E-state index contributed by atoms with van der Waals surface area (Å²) in [4.78, 5) is 129. The third kappa shape index (κ3) is 20.4. The first-order chi connectivity index (χ1) is 56.2. The number of Topliss-reactive ketones (excluding diaryl/α,β-unsaturated/α-hetero) is 2. The van der Waals surface area contributed by atoms with Gasteiger partial charge in [-0.1, -0.05) is 205 Å².